The van der Waals surface area contributed by atoms with Gasteiger partial charge in [0, 0.05) is 18.8 Å². The first-order chi connectivity index (χ1) is 20.7. The minimum Gasteiger partial charge on any atom is -0.546 e. The van der Waals surface area contributed by atoms with Crippen LogP contribution in [0.2, 0.25) is 55.9 Å². The maximum absolute atomic E-state index is 14.7. The van der Waals surface area contributed by atoms with Crippen molar-refractivity contribution in [1.82, 2.24) is 0 Å². The average Bonchev–Trinajstić information content (AvgIpc) is 3.22. The van der Waals surface area contributed by atoms with Gasteiger partial charge >= 0.3 is 0 Å². The number of aliphatic hydroxyl groups excluding tert-OH is 1. The first-order valence-corrected chi connectivity index (χ1v) is 26.8. The predicted octanol–water partition coefficient (Wildman–Crippen LogP) is 11.3. The molecule has 1 aliphatic carbocycles. The van der Waals surface area contributed by atoms with E-state index in [1.165, 1.54) is 0 Å². The fourth-order valence-electron chi connectivity index (χ4n) is 5.98. The summed E-state index contributed by atoms with van der Waals surface area (Å²) >= 11 is 0. The molecule has 0 aromatic rings. The fourth-order valence-corrected chi connectivity index (χ4v) is 11.6. The van der Waals surface area contributed by atoms with Crippen LogP contribution in [0.25, 0.3) is 0 Å². The Morgan fingerprint density at radius 1 is 1.00 bits per heavy atom. The number of alkyl halides is 1. The zero-order valence-electron chi connectivity index (χ0n) is 31.8. The third-order valence-corrected chi connectivity index (χ3v) is 20.1. The molecule has 1 N–H and O–H groups in total. The van der Waals surface area contributed by atoms with E-state index in [0.717, 1.165) is 61.6 Å². The molecule has 45 heavy (non-hydrogen) atoms. The maximum Gasteiger partial charge on any atom is 0.250 e. The quantitative estimate of drug-likeness (QED) is 0.0837. The van der Waals surface area contributed by atoms with Crippen LogP contribution in [0.4, 0.5) is 4.39 Å². The van der Waals surface area contributed by atoms with E-state index in [2.05, 4.69) is 112 Å². The summed E-state index contributed by atoms with van der Waals surface area (Å²) in [4.78, 5) is 0. The van der Waals surface area contributed by atoms with Crippen molar-refractivity contribution < 1.29 is 22.8 Å². The van der Waals surface area contributed by atoms with Gasteiger partial charge in [-0.3, -0.25) is 0 Å². The van der Waals surface area contributed by atoms with Crippen LogP contribution in [-0.2, 0) is 13.3 Å². The third-order valence-electron chi connectivity index (χ3n) is 9.95. The van der Waals surface area contributed by atoms with Crippen molar-refractivity contribution in [2.75, 3.05) is 0 Å². The van der Waals surface area contributed by atoms with E-state index in [-0.39, 0.29) is 29.1 Å². The van der Waals surface area contributed by atoms with Gasteiger partial charge in [0.15, 0.2) is 22.8 Å². The van der Waals surface area contributed by atoms with Gasteiger partial charge in [-0.15, -0.1) is 0 Å². The van der Waals surface area contributed by atoms with E-state index in [4.69, 9.17) is 13.3 Å². The molecule has 1 rings (SSSR count). The number of rotatable bonds is 19. The van der Waals surface area contributed by atoms with Gasteiger partial charge in [0.25, 0.3) is 0 Å². The Morgan fingerprint density at radius 2 is 1.60 bits per heavy atom. The second-order valence-corrected chi connectivity index (χ2v) is 30.1. The van der Waals surface area contributed by atoms with Gasteiger partial charge in [0.1, 0.15) is 0 Å². The minimum atomic E-state index is -2.14. The first-order valence-electron chi connectivity index (χ1n) is 17.9. The highest BCUT2D eigenvalue weighted by Crippen LogP contribution is 2.45. The summed E-state index contributed by atoms with van der Waals surface area (Å²) in [5.74, 6) is 7.10. The van der Waals surface area contributed by atoms with Crippen LogP contribution in [0.1, 0.15) is 114 Å². The van der Waals surface area contributed by atoms with Crippen molar-refractivity contribution in [2.24, 2.45) is 5.92 Å². The minimum absolute atomic E-state index is 0.000513. The van der Waals surface area contributed by atoms with Crippen LogP contribution in [0.3, 0.4) is 0 Å². The molecule has 8 heteroatoms. The molecule has 0 amide bonds. The van der Waals surface area contributed by atoms with Gasteiger partial charge in [-0.25, -0.2) is 4.39 Å². The van der Waals surface area contributed by atoms with E-state index in [1.54, 1.807) is 6.92 Å². The molecule has 0 heterocycles. The Hall–Kier alpha value is -0.699. The Bertz CT molecular complexity index is 1000. The number of unbranched alkanes of at least 4 members (excludes halogenated alkanes) is 1. The van der Waals surface area contributed by atoms with Gasteiger partial charge in [-0.2, -0.15) is 0 Å². The lowest BCUT2D eigenvalue weighted by atomic mass is 9.92. The number of hydrogen-bond donors (Lipinski definition) is 1. The first kappa shape index (κ1) is 42.3. The molecule has 3 unspecified atom stereocenters. The molecule has 0 spiro atoms. The molecule has 5 atom stereocenters. The van der Waals surface area contributed by atoms with Gasteiger partial charge in [0.05, 0.1) is 23.6 Å². The normalized spacial score (nSPS) is 21.1. The van der Waals surface area contributed by atoms with Crippen LogP contribution < -0.4 is 0 Å². The molecule has 0 aromatic carbocycles. The highest BCUT2D eigenvalue weighted by atomic mass is 28.4. The molecule has 0 radical (unpaired) electrons. The summed E-state index contributed by atoms with van der Waals surface area (Å²) in [7, 11) is -5.80. The fraction of sp³-hybridized carbons (Fsp3) is 0.838. The van der Waals surface area contributed by atoms with Crippen molar-refractivity contribution in [3.63, 3.8) is 0 Å². The van der Waals surface area contributed by atoms with Crippen LogP contribution in [-0.4, -0.2) is 54.0 Å². The Morgan fingerprint density at radius 3 is 2.09 bits per heavy atom. The molecule has 0 bridgehead atoms. The highest BCUT2D eigenvalue weighted by Gasteiger charge is 2.45. The maximum atomic E-state index is 14.7. The smallest absolute Gasteiger partial charge is 0.250 e. The topological polar surface area (TPSA) is 47.9 Å². The average molecular weight is 683 g/mol. The van der Waals surface area contributed by atoms with Gasteiger partial charge in [0.2, 0.25) is 8.32 Å². The lowest BCUT2D eigenvalue weighted by Crippen LogP contribution is -2.42. The number of halogens is 1. The van der Waals surface area contributed by atoms with Crippen molar-refractivity contribution in [3.05, 3.63) is 23.5 Å². The molecule has 4 nitrogen and oxygen atoms in total. The standard InChI is InChI=1S/C37H71FO4Si3/c1-15-19-27-37(9,42-43(10,11)12)28-21-24-33-32(23-20-22-31(38)26-25-30(5)39)34(40-44(13,14)36(6,7)8)29-35(33)41-45(16-2,17-3)18-4/h21,24,30-31,33,35,39H,15-19,23,25-29H2,1-14H3/b24-21+/t30?,31?,33-,35-,37?/m1/s1. The summed E-state index contributed by atoms with van der Waals surface area (Å²) in [6.07, 6.45) is 8.96. The number of hydrogen-bond acceptors (Lipinski definition) is 4. The molecule has 0 aromatic heterocycles. The largest absolute Gasteiger partial charge is 0.546 e. The van der Waals surface area contributed by atoms with Crippen LogP contribution in [0, 0.1) is 17.8 Å². The van der Waals surface area contributed by atoms with E-state index < -0.39 is 37.2 Å². The van der Waals surface area contributed by atoms with Crippen LogP contribution >= 0.6 is 0 Å². The van der Waals surface area contributed by atoms with Crippen molar-refractivity contribution in [3.8, 4) is 11.8 Å². The molecule has 0 saturated heterocycles. The molecule has 0 aliphatic heterocycles. The molecule has 0 saturated carbocycles. The summed E-state index contributed by atoms with van der Waals surface area (Å²) in [6.45, 7) is 31.3. The lowest BCUT2D eigenvalue weighted by molar-refractivity contribution is 0.0712. The third kappa shape index (κ3) is 14.1. The summed E-state index contributed by atoms with van der Waals surface area (Å²) in [5, 5.41) is 9.67. The molecule has 0 fully saturated rings. The Labute approximate surface area is 281 Å². The summed E-state index contributed by atoms with van der Waals surface area (Å²) in [5.41, 5.74) is 0.958. The van der Waals surface area contributed by atoms with E-state index >= 15 is 0 Å². The molecular weight excluding hydrogens is 612 g/mol. The van der Waals surface area contributed by atoms with Crippen LogP contribution in [0.5, 0.6) is 0 Å². The zero-order chi connectivity index (χ0) is 34.7. The van der Waals surface area contributed by atoms with Crippen LogP contribution in [0.15, 0.2) is 23.5 Å². The van der Waals surface area contributed by atoms with E-state index in [0.29, 0.717) is 12.8 Å². The molecule has 1 aliphatic rings. The molecule has 262 valence electrons. The number of aliphatic hydroxyl groups is 1. The predicted molar refractivity (Wildman–Crippen MR) is 200 cm³/mol. The SMILES string of the molecule is CCCCC(C)(C/C=C/[C@@H]1C(CC#CC(F)CCC(C)O)=C(O[Si](C)(C)C(C)(C)C)C[C@H]1O[Si](CC)(CC)CC)O[Si](C)(C)C. The zero-order valence-corrected chi connectivity index (χ0v) is 34.8. The lowest BCUT2D eigenvalue weighted by Gasteiger charge is -2.37. The van der Waals surface area contributed by atoms with E-state index in [1.807, 2.05) is 0 Å². The highest BCUT2D eigenvalue weighted by molar-refractivity contribution is 6.74. The van der Waals surface area contributed by atoms with Crippen molar-refractivity contribution in [2.45, 2.75) is 194 Å². The second kappa shape index (κ2) is 18.2. The van der Waals surface area contributed by atoms with Gasteiger partial charge < -0.3 is 18.4 Å². The van der Waals surface area contributed by atoms with Gasteiger partial charge in [-0.05, 0) is 101 Å². The van der Waals surface area contributed by atoms with E-state index in [9.17, 15) is 9.50 Å². The van der Waals surface area contributed by atoms with Crippen molar-refractivity contribution >= 4 is 25.0 Å². The summed E-state index contributed by atoms with van der Waals surface area (Å²) in [6, 6.07) is 3.27. The Balaban J connectivity index is 3.64. The van der Waals surface area contributed by atoms with Crippen molar-refractivity contribution in [1.29, 1.82) is 0 Å². The molecular formula is C37H71FO4Si3. The van der Waals surface area contributed by atoms with Gasteiger partial charge in [-0.1, -0.05) is 85.3 Å². The summed E-state index contributed by atoms with van der Waals surface area (Å²) < 4.78 is 35.8. The Kier molecular flexibility index (Phi) is 17.1. The second-order valence-electron chi connectivity index (χ2n) is 16.2. The monoisotopic (exact) mass is 682 g/mol.